The summed E-state index contributed by atoms with van der Waals surface area (Å²) < 4.78 is 5.19. The van der Waals surface area contributed by atoms with Crippen molar-refractivity contribution in [3.63, 3.8) is 0 Å². The highest BCUT2D eigenvalue weighted by Gasteiger charge is 2.43. The van der Waals surface area contributed by atoms with Gasteiger partial charge in [0.05, 0.1) is 0 Å². The standard InChI is InChI=1S/C15H22N2O4/c1-14(2,3)21-13(18)16-12(15(4,5)17(19)20)11-9-7-6-8-10-11/h6-10,12H,1-5H3,(H,16,18). The van der Waals surface area contributed by atoms with Gasteiger partial charge < -0.3 is 10.1 Å². The quantitative estimate of drug-likeness (QED) is 0.682. The number of carbonyl (C=O) groups excluding carboxylic acids is 1. The van der Waals surface area contributed by atoms with Crippen molar-refractivity contribution in [3.8, 4) is 0 Å². The van der Waals surface area contributed by atoms with Gasteiger partial charge in [-0.05, 0) is 26.3 Å². The third kappa shape index (κ3) is 4.73. The van der Waals surface area contributed by atoms with Crippen molar-refractivity contribution >= 4 is 6.09 Å². The summed E-state index contributed by atoms with van der Waals surface area (Å²) in [5.74, 6) is 0. The third-order valence-electron chi connectivity index (χ3n) is 2.97. The van der Waals surface area contributed by atoms with E-state index in [-0.39, 0.29) is 0 Å². The minimum absolute atomic E-state index is 0.401. The van der Waals surface area contributed by atoms with Gasteiger partial charge in [0.1, 0.15) is 11.6 Å². The molecule has 0 heterocycles. The molecule has 1 aromatic carbocycles. The van der Waals surface area contributed by atoms with Gasteiger partial charge in [-0.15, -0.1) is 0 Å². The van der Waals surface area contributed by atoms with Gasteiger partial charge in [-0.3, -0.25) is 10.1 Å². The largest absolute Gasteiger partial charge is 0.444 e. The zero-order valence-electron chi connectivity index (χ0n) is 13.0. The van der Waals surface area contributed by atoms with E-state index in [0.717, 1.165) is 0 Å². The van der Waals surface area contributed by atoms with Gasteiger partial charge in [0.2, 0.25) is 5.54 Å². The zero-order valence-corrected chi connectivity index (χ0v) is 13.0. The Hall–Kier alpha value is -2.11. The number of amides is 1. The Morgan fingerprint density at radius 3 is 2.14 bits per heavy atom. The second kappa shape index (κ2) is 6.11. The number of nitrogens with one attached hydrogen (secondary N) is 1. The molecule has 116 valence electrons. The van der Waals surface area contributed by atoms with Gasteiger partial charge in [-0.1, -0.05) is 30.3 Å². The molecule has 0 bridgehead atoms. The van der Waals surface area contributed by atoms with Gasteiger partial charge in [0.25, 0.3) is 0 Å². The Kier molecular flexibility index (Phi) is 4.93. The van der Waals surface area contributed by atoms with Gasteiger partial charge in [-0.2, -0.15) is 0 Å². The molecule has 0 radical (unpaired) electrons. The molecule has 0 aliphatic heterocycles. The molecule has 0 fully saturated rings. The molecular formula is C15H22N2O4. The van der Waals surface area contributed by atoms with E-state index in [4.69, 9.17) is 4.74 Å². The summed E-state index contributed by atoms with van der Waals surface area (Å²) >= 11 is 0. The predicted molar refractivity (Wildman–Crippen MR) is 79.6 cm³/mol. The number of carbonyl (C=O) groups is 1. The Morgan fingerprint density at radius 2 is 1.71 bits per heavy atom. The lowest BCUT2D eigenvalue weighted by Crippen LogP contribution is -2.48. The number of benzene rings is 1. The van der Waals surface area contributed by atoms with Crippen molar-refractivity contribution < 1.29 is 14.5 Å². The van der Waals surface area contributed by atoms with Gasteiger partial charge in [-0.25, -0.2) is 4.79 Å². The highest BCUT2D eigenvalue weighted by molar-refractivity contribution is 5.68. The molecule has 1 atom stereocenters. The summed E-state index contributed by atoms with van der Waals surface area (Å²) in [6.45, 7) is 8.16. The lowest BCUT2D eigenvalue weighted by atomic mass is 9.89. The number of nitro groups is 1. The lowest BCUT2D eigenvalue weighted by Gasteiger charge is -2.29. The second-order valence-corrected chi connectivity index (χ2v) is 6.40. The van der Waals surface area contributed by atoms with E-state index in [1.807, 2.05) is 6.07 Å². The van der Waals surface area contributed by atoms with E-state index in [9.17, 15) is 14.9 Å². The van der Waals surface area contributed by atoms with E-state index in [1.165, 1.54) is 13.8 Å². The van der Waals surface area contributed by atoms with Crippen LogP contribution in [0, 0.1) is 10.1 Å². The Bertz CT molecular complexity index is 506. The molecule has 6 heteroatoms. The lowest BCUT2D eigenvalue weighted by molar-refractivity contribution is -0.566. The van der Waals surface area contributed by atoms with E-state index in [1.54, 1.807) is 45.0 Å². The van der Waals surface area contributed by atoms with Crippen LogP contribution in [0.1, 0.15) is 46.2 Å². The van der Waals surface area contributed by atoms with Crippen LogP contribution in [0.3, 0.4) is 0 Å². The van der Waals surface area contributed by atoms with Crippen LogP contribution in [-0.2, 0) is 4.74 Å². The van der Waals surface area contributed by atoms with E-state index < -0.39 is 28.2 Å². The summed E-state index contributed by atoms with van der Waals surface area (Å²) in [6, 6.07) is 8.06. The molecule has 1 N–H and O–H groups in total. The van der Waals surface area contributed by atoms with Gasteiger partial charge >= 0.3 is 6.09 Å². The third-order valence-corrected chi connectivity index (χ3v) is 2.97. The molecule has 1 aromatic rings. The van der Waals surface area contributed by atoms with Crippen molar-refractivity contribution in [1.82, 2.24) is 5.32 Å². The zero-order chi connectivity index (χ0) is 16.3. The summed E-state index contributed by atoms with van der Waals surface area (Å²) in [4.78, 5) is 22.9. The van der Waals surface area contributed by atoms with Crippen LogP contribution in [0.2, 0.25) is 0 Å². The highest BCUT2D eigenvalue weighted by Crippen LogP contribution is 2.28. The van der Waals surface area contributed by atoms with Gasteiger partial charge in [0.15, 0.2) is 0 Å². The molecular weight excluding hydrogens is 272 g/mol. The molecule has 21 heavy (non-hydrogen) atoms. The van der Waals surface area contributed by atoms with Crippen molar-refractivity contribution in [3.05, 3.63) is 46.0 Å². The fourth-order valence-corrected chi connectivity index (χ4v) is 1.84. The molecule has 0 aromatic heterocycles. The molecule has 1 unspecified atom stereocenters. The first-order chi connectivity index (χ1) is 9.54. The SMILES string of the molecule is CC(C)(C)OC(=O)NC(c1ccccc1)C(C)(C)[N+](=O)[O-]. The molecule has 0 saturated carbocycles. The van der Waals surface area contributed by atoms with Crippen molar-refractivity contribution in [2.24, 2.45) is 0 Å². The van der Waals surface area contributed by atoms with Crippen molar-refractivity contribution in [1.29, 1.82) is 0 Å². The minimum atomic E-state index is -1.36. The summed E-state index contributed by atoms with van der Waals surface area (Å²) in [6.07, 6.45) is -0.675. The molecule has 0 aliphatic rings. The van der Waals surface area contributed by atoms with Crippen LogP contribution in [0.25, 0.3) is 0 Å². The Labute approximate surface area is 124 Å². The van der Waals surface area contributed by atoms with Crippen LogP contribution < -0.4 is 5.32 Å². The fourth-order valence-electron chi connectivity index (χ4n) is 1.84. The summed E-state index contributed by atoms with van der Waals surface area (Å²) in [5.41, 5.74) is -1.37. The molecule has 0 spiro atoms. The monoisotopic (exact) mass is 294 g/mol. The van der Waals surface area contributed by atoms with Crippen LogP contribution in [-0.4, -0.2) is 22.2 Å². The molecule has 6 nitrogen and oxygen atoms in total. The second-order valence-electron chi connectivity index (χ2n) is 6.40. The van der Waals surface area contributed by atoms with Crippen LogP contribution in [0.15, 0.2) is 30.3 Å². The molecule has 1 rings (SSSR count). The van der Waals surface area contributed by atoms with Crippen molar-refractivity contribution in [2.45, 2.75) is 51.8 Å². The van der Waals surface area contributed by atoms with Crippen LogP contribution in [0.4, 0.5) is 4.79 Å². The van der Waals surface area contributed by atoms with E-state index >= 15 is 0 Å². The maximum Gasteiger partial charge on any atom is 0.408 e. The smallest absolute Gasteiger partial charge is 0.408 e. The Morgan fingerprint density at radius 1 is 1.19 bits per heavy atom. The average Bonchev–Trinajstić information content (AvgIpc) is 2.34. The first kappa shape index (κ1) is 16.9. The molecule has 0 aliphatic carbocycles. The number of ether oxygens (including phenoxy) is 1. The number of rotatable bonds is 4. The predicted octanol–water partition coefficient (Wildman–Crippen LogP) is 3.31. The number of nitrogens with zero attached hydrogens (tertiary/aromatic N) is 1. The number of hydrogen-bond donors (Lipinski definition) is 1. The number of alkyl carbamates (subject to hydrolysis) is 1. The molecule has 1 amide bonds. The number of hydrogen-bond acceptors (Lipinski definition) is 4. The maximum atomic E-state index is 12.0. The average molecular weight is 294 g/mol. The van der Waals surface area contributed by atoms with Crippen LogP contribution >= 0.6 is 0 Å². The summed E-state index contributed by atoms with van der Waals surface area (Å²) in [7, 11) is 0. The first-order valence-electron chi connectivity index (χ1n) is 6.73. The molecule has 0 saturated heterocycles. The summed E-state index contributed by atoms with van der Waals surface area (Å²) in [5, 5.41) is 13.9. The highest BCUT2D eigenvalue weighted by atomic mass is 16.6. The van der Waals surface area contributed by atoms with Gasteiger partial charge in [0, 0.05) is 18.8 Å². The van der Waals surface area contributed by atoms with E-state index in [2.05, 4.69) is 5.32 Å². The normalized spacial score (nSPS) is 13.4. The minimum Gasteiger partial charge on any atom is -0.444 e. The Balaban J connectivity index is 3.05. The maximum absolute atomic E-state index is 12.0. The van der Waals surface area contributed by atoms with Crippen LogP contribution in [0.5, 0.6) is 0 Å². The van der Waals surface area contributed by atoms with Crippen molar-refractivity contribution in [2.75, 3.05) is 0 Å². The fraction of sp³-hybridized carbons (Fsp3) is 0.533. The topological polar surface area (TPSA) is 81.5 Å². The first-order valence-corrected chi connectivity index (χ1v) is 6.73. The van der Waals surface area contributed by atoms with E-state index in [0.29, 0.717) is 5.56 Å².